The summed E-state index contributed by atoms with van der Waals surface area (Å²) in [6, 6.07) is 18.2. The van der Waals surface area contributed by atoms with Crippen LogP contribution in [-0.2, 0) is 11.2 Å². The Labute approximate surface area is 143 Å². The number of morpholine rings is 1. The van der Waals surface area contributed by atoms with Gasteiger partial charge in [0, 0.05) is 19.5 Å². The molecule has 0 saturated carbocycles. The number of aliphatic imine (C=N–C) groups is 1. The van der Waals surface area contributed by atoms with Crippen LogP contribution in [0.1, 0.15) is 16.7 Å². The van der Waals surface area contributed by atoms with Crippen LogP contribution in [-0.4, -0.2) is 37.0 Å². The molecule has 0 spiro atoms. The van der Waals surface area contributed by atoms with Gasteiger partial charge in [-0.25, -0.2) is 4.99 Å². The fourth-order valence-corrected chi connectivity index (χ4v) is 2.74. The quantitative estimate of drug-likeness (QED) is 0.643. The number of para-hydroxylation sites is 1. The van der Waals surface area contributed by atoms with E-state index in [1.54, 1.807) is 0 Å². The molecular formula is C20H21N3O. The molecule has 0 radical (unpaired) electrons. The molecule has 1 saturated heterocycles. The van der Waals surface area contributed by atoms with Crippen molar-refractivity contribution in [3.63, 3.8) is 0 Å². The van der Waals surface area contributed by atoms with Crippen LogP contribution < -0.4 is 0 Å². The van der Waals surface area contributed by atoms with Gasteiger partial charge in [-0.15, -0.1) is 0 Å². The summed E-state index contributed by atoms with van der Waals surface area (Å²) >= 11 is 0. The number of rotatable bonds is 3. The van der Waals surface area contributed by atoms with Gasteiger partial charge in [0.15, 0.2) is 0 Å². The van der Waals surface area contributed by atoms with Crippen LogP contribution in [0.25, 0.3) is 0 Å². The second-order valence-corrected chi connectivity index (χ2v) is 5.92. The maximum atomic E-state index is 9.31. The van der Waals surface area contributed by atoms with Gasteiger partial charge in [-0.05, 0) is 24.6 Å². The highest BCUT2D eigenvalue weighted by molar-refractivity contribution is 5.87. The normalized spacial score (nSPS) is 15.2. The van der Waals surface area contributed by atoms with E-state index in [0.717, 1.165) is 31.0 Å². The van der Waals surface area contributed by atoms with Crippen LogP contribution in [0.5, 0.6) is 0 Å². The molecule has 0 atom stereocenters. The van der Waals surface area contributed by atoms with Crippen LogP contribution >= 0.6 is 0 Å². The van der Waals surface area contributed by atoms with Gasteiger partial charge in [0.05, 0.1) is 24.5 Å². The lowest BCUT2D eigenvalue weighted by Crippen LogP contribution is -2.41. The van der Waals surface area contributed by atoms with Crippen molar-refractivity contribution in [2.75, 3.05) is 26.3 Å². The van der Waals surface area contributed by atoms with Crippen molar-refractivity contribution in [2.45, 2.75) is 13.3 Å². The highest BCUT2D eigenvalue weighted by Crippen LogP contribution is 2.20. The lowest BCUT2D eigenvalue weighted by molar-refractivity contribution is 0.0674. The van der Waals surface area contributed by atoms with Gasteiger partial charge in [-0.3, -0.25) is 0 Å². The molecule has 1 aliphatic rings. The van der Waals surface area contributed by atoms with Crippen LogP contribution in [0.2, 0.25) is 0 Å². The molecule has 2 aromatic rings. The SMILES string of the molecule is Cc1ccc(CC(=Nc2ccccc2C#N)N2CCOCC2)cc1. The fraction of sp³-hybridized carbons (Fsp3) is 0.300. The number of hydrogen-bond donors (Lipinski definition) is 0. The third-order valence-electron chi connectivity index (χ3n) is 4.13. The lowest BCUT2D eigenvalue weighted by Gasteiger charge is -2.30. The Hall–Kier alpha value is -2.64. The van der Waals surface area contributed by atoms with Crippen molar-refractivity contribution in [3.05, 3.63) is 65.2 Å². The summed E-state index contributed by atoms with van der Waals surface area (Å²) in [4.78, 5) is 7.10. The summed E-state index contributed by atoms with van der Waals surface area (Å²) in [5, 5.41) is 9.31. The van der Waals surface area contributed by atoms with Gasteiger partial charge >= 0.3 is 0 Å². The lowest BCUT2D eigenvalue weighted by atomic mass is 10.1. The number of hydrogen-bond acceptors (Lipinski definition) is 3. The minimum absolute atomic E-state index is 0.604. The van der Waals surface area contributed by atoms with Crippen molar-refractivity contribution in [3.8, 4) is 6.07 Å². The molecule has 0 amide bonds. The summed E-state index contributed by atoms with van der Waals surface area (Å²) in [5.74, 6) is 0.991. The third kappa shape index (κ3) is 4.01. The molecule has 0 N–H and O–H groups in total. The maximum absolute atomic E-state index is 9.31. The van der Waals surface area contributed by atoms with Gasteiger partial charge in [0.25, 0.3) is 0 Å². The summed E-state index contributed by atoms with van der Waals surface area (Å²) in [6.07, 6.45) is 0.750. The zero-order chi connectivity index (χ0) is 16.8. The van der Waals surface area contributed by atoms with E-state index < -0.39 is 0 Å². The van der Waals surface area contributed by atoms with E-state index in [0.29, 0.717) is 18.8 Å². The van der Waals surface area contributed by atoms with Crippen LogP contribution in [0.3, 0.4) is 0 Å². The Morgan fingerprint density at radius 1 is 1.12 bits per heavy atom. The predicted molar refractivity (Wildman–Crippen MR) is 95.5 cm³/mol. The van der Waals surface area contributed by atoms with Crippen LogP contribution in [0.4, 0.5) is 5.69 Å². The first kappa shape index (κ1) is 16.2. The Kier molecular flexibility index (Phi) is 5.25. The first-order valence-corrected chi connectivity index (χ1v) is 8.21. The molecule has 0 unspecified atom stereocenters. The second-order valence-electron chi connectivity index (χ2n) is 5.92. The van der Waals surface area contributed by atoms with Crippen molar-refractivity contribution in [1.29, 1.82) is 5.26 Å². The number of benzene rings is 2. The summed E-state index contributed by atoms with van der Waals surface area (Å²) in [7, 11) is 0. The first-order chi connectivity index (χ1) is 11.8. The standard InChI is InChI=1S/C20H21N3O/c1-16-6-8-17(9-7-16)14-20(23-10-12-24-13-11-23)22-19-5-3-2-4-18(19)15-21/h2-9H,10-14H2,1H3. The molecule has 2 aromatic carbocycles. The average molecular weight is 319 g/mol. The summed E-state index contributed by atoms with van der Waals surface area (Å²) in [6.45, 7) is 5.18. The van der Waals surface area contributed by atoms with Crippen molar-refractivity contribution < 1.29 is 4.74 Å². The molecule has 4 heteroatoms. The topological polar surface area (TPSA) is 48.6 Å². The van der Waals surface area contributed by atoms with E-state index in [4.69, 9.17) is 9.73 Å². The highest BCUT2D eigenvalue weighted by atomic mass is 16.5. The van der Waals surface area contributed by atoms with E-state index in [2.05, 4.69) is 42.2 Å². The molecule has 3 rings (SSSR count). The molecule has 0 aliphatic carbocycles. The highest BCUT2D eigenvalue weighted by Gasteiger charge is 2.16. The third-order valence-corrected chi connectivity index (χ3v) is 4.13. The van der Waals surface area contributed by atoms with Gasteiger partial charge < -0.3 is 9.64 Å². The van der Waals surface area contributed by atoms with Gasteiger partial charge in [0.1, 0.15) is 11.9 Å². The monoisotopic (exact) mass is 319 g/mol. The summed E-state index contributed by atoms with van der Waals surface area (Å²) in [5.41, 5.74) is 3.81. The molecule has 0 bridgehead atoms. The minimum atomic E-state index is 0.604. The summed E-state index contributed by atoms with van der Waals surface area (Å²) < 4.78 is 5.46. The molecule has 1 fully saturated rings. The molecular weight excluding hydrogens is 298 g/mol. The number of ether oxygens (including phenoxy) is 1. The van der Waals surface area contributed by atoms with E-state index >= 15 is 0 Å². The van der Waals surface area contributed by atoms with Gasteiger partial charge in [0.2, 0.25) is 0 Å². The Morgan fingerprint density at radius 2 is 1.83 bits per heavy atom. The Morgan fingerprint density at radius 3 is 2.54 bits per heavy atom. The first-order valence-electron chi connectivity index (χ1n) is 8.21. The Balaban J connectivity index is 1.93. The number of nitrogens with zero attached hydrogens (tertiary/aromatic N) is 3. The van der Waals surface area contributed by atoms with Crippen LogP contribution in [0, 0.1) is 18.3 Å². The van der Waals surface area contributed by atoms with E-state index in [9.17, 15) is 5.26 Å². The zero-order valence-corrected chi connectivity index (χ0v) is 13.9. The van der Waals surface area contributed by atoms with Crippen molar-refractivity contribution >= 4 is 11.5 Å². The van der Waals surface area contributed by atoms with Crippen molar-refractivity contribution in [1.82, 2.24) is 4.90 Å². The maximum Gasteiger partial charge on any atom is 0.109 e. The molecule has 0 aromatic heterocycles. The second kappa shape index (κ2) is 7.76. The number of aryl methyl sites for hydroxylation is 1. The smallest absolute Gasteiger partial charge is 0.109 e. The molecule has 122 valence electrons. The largest absolute Gasteiger partial charge is 0.378 e. The molecule has 4 nitrogen and oxygen atoms in total. The zero-order valence-electron chi connectivity index (χ0n) is 13.9. The molecule has 24 heavy (non-hydrogen) atoms. The van der Waals surface area contributed by atoms with E-state index in [-0.39, 0.29) is 0 Å². The average Bonchev–Trinajstić information content (AvgIpc) is 2.64. The number of amidine groups is 1. The van der Waals surface area contributed by atoms with Gasteiger partial charge in [-0.2, -0.15) is 5.26 Å². The van der Waals surface area contributed by atoms with Gasteiger partial charge in [-0.1, -0.05) is 42.0 Å². The predicted octanol–water partition coefficient (Wildman–Crippen LogP) is 3.47. The molecule has 1 heterocycles. The van der Waals surface area contributed by atoms with Crippen LogP contribution in [0.15, 0.2) is 53.5 Å². The Bertz CT molecular complexity index is 753. The minimum Gasteiger partial charge on any atom is -0.378 e. The van der Waals surface area contributed by atoms with Crippen molar-refractivity contribution in [2.24, 2.45) is 4.99 Å². The molecule has 1 aliphatic heterocycles. The fourth-order valence-electron chi connectivity index (χ4n) is 2.74. The van der Waals surface area contributed by atoms with E-state index in [1.165, 1.54) is 11.1 Å². The van der Waals surface area contributed by atoms with E-state index in [1.807, 2.05) is 24.3 Å². The number of nitriles is 1.